The summed E-state index contributed by atoms with van der Waals surface area (Å²) in [7, 11) is 0. The van der Waals surface area contributed by atoms with Crippen molar-refractivity contribution in [3.63, 3.8) is 0 Å². The van der Waals surface area contributed by atoms with E-state index in [1.165, 1.54) is 17.8 Å². The molecule has 172 valence electrons. The van der Waals surface area contributed by atoms with Crippen LogP contribution in [0.3, 0.4) is 0 Å². The number of thioether (sulfide) groups is 1. The minimum Gasteiger partial charge on any atom is -0.490 e. The maximum Gasteiger partial charge on any atom is 0.318 e. The summed E-state index contributed by atoms with van der Waals surface area (Å²) >= 11 is 3.40. The summed E-state index contributed by atoms with van der Waals surface area (Å²) in [6.45, 7) is 2.08. The Balaban J connectivity index is 1.72. The SMILES string of the molecule is CCOc1cc(/C=C2\Sc3ccccc3C2=O)cc(I)c1Oc1ccc([N+](=O)[O-])cc1[N+](=O)[O-]. The number of hydrogen-bond donors (Lipinski definition) is 0. The van der Waals surface area contributed by atoms with Gasteiger partial charge in [0.25, 0.3) is 5.69 Å². The largest absolute Gasteiger partial charge is 0.490 e. The lowest BCUT2D eigenvalue weighted by molar-refractivity contribution is -0.394. The van der Waals surface area contributed by atoms with Crippen LogP contribution in [0.4, 0.5) is 11.4 Å². The number of hydrogen-bond acceptors (Lipinski definition) is 8. The van der Waals surface area contributed by atoms with Crippen molar-refractivity contribution in [2.45, 2.75) is 11.8 Å². The van der Waals surface area contributed by atoms with Gasteiger partial charge in [0.15, 0.2) is 11.5 Å². The zero-order valence-electron chi connectivity index (χ0n) is 17.5. The van der Waals surface area contributed by atoms with E-state index in [1.54, 1.807) is 31.2 Å². The number of Topliss-reactive ketones (excluding diaryl/α,β-unsaturated/α-hetero) is 1. The van der Waals surface area contributed by atoms with Gasteiger partial charge in [-0.3, -0.25) is 25.0 Å². The van der Waals surface area contributed by atoms with E-state index in [0.29, 0.717) is 32.0 Å². The van der Waals surface area contributed by atoms with Crippen LogP contribution in [0.2, 0.25) is 0 Å². The molecule has 11 heteroatoms. The molecule has 4 rings (SSSR count). The molecule has 0 unspecified atom stereocenters. The number of carbonyl (C=O) groups is 1. The highest BCUT2D eigenvalue weighted by Crippen LogP contribution is 2.44. The first-order valence-electron chi connectivity index (χ1n) is 9.88. The third-order valence-electron chi connectivity index (χ3n) is 4.77. The number of nitro groups is 2. The van der Waals surface area contributed by atoms with Crippen molar-refractivity contribution in [3.8, 4) is 17.2 Å². The molecule has 0 N–H and O–H groups in total. The van der Waals surface area contributed by atoms with Gasteiger partial charge >= 0.3 is 5.69 Å². The molecule has 1 aliphatic heterocycles. The molecule has 0 saturated carbocycles. The fraction of sp³-hybridized carbons (Fsp3) is 0.0870. The van der Waals surface area contributed by atoms with Gasteiger partial charge in [-0.25, -0.2) is 0 Å². The minimum atomic E-state index is -0.741. The van der Waals surface area contributed by atoms with E-state index in [9.17, 15) is 25.0 Å². The van der Waals surface area contributed by atoms with Gasteiger partial charge in [-0.1, -0.05) is 23.9 Å². The predicted molar refractivity (Wildman–Crippen MR) is 135 cm³/mol. The first-order valence-corrected chi connectivity index (χ1v) is 11.8. The molecule has 34 heavy (non-hydrogen) atoms. The third kappa shape index (κ3) is 4.75. The summed E-state index contributed by atoms with van der Waals surface area (Å²) in [5.41, 5.74) is 0.399. The Morgan fingerprint density at radius 1 is 1.03 bits per heavy atom. The van der Waals surface area contributed by atoms with Crippen molar-refractivity contribution >= 4 is 57.6 Å². The molecule has 3 aromatic carbocycles. The number of rotatable bonds is 7. The Morgan fingerprint density at radius 2 is 1.79 bits per heavy atom. The van der Waals surface area contributed by atoms with Crippen LogP contribution in [-0.2, 0) is 0 Å². The van der Waals surface area contributed by atoms with Crippen molar-refractivity contribution in [2.75, 3.05) is 6.61 Å². The van der Waals surface area contributed by atoms with E-state index < -0.39 is 21.2 Å². The summed E-state index contributed by atoms with van der Waals surface area (Å²) in [6.07, 6.45) is 1.76. The second-order valence-electron chi connectivity index (χ2n) is 6.97. The van der Waals surface area contributed by atoms with Crippen LogP contribution in [0.15, 0.2) is 64.4 Å². The van der Waals surface area contributed by atoms with Crippen LogP contribution in [0, 0.1) is 23.8 Å². The lowest BCUT2D eigenvalue weighted by Gasteiger charge is -2.14. The average Bonchev–Trinajstić information content (AvgIpc) is 3.11. The summed E-state index contributed by atoms with van der Waals surface area (Å²) in [5, 5.41) is 22.5. The summed E-state index contributed by atoms with van der Waals surface area (Å²) in [5.74, 6) is 0.338. The number of carbonyl (C=O) groups excluding carboxylic acids is 1. The quantitative estimate of drug-likeness (QED) is 0.130. The molecular weight excluding hydrogens is 575 g/mol. The van der Waals surface area contributed by atoms with Crippen molar-refractivity contribution < 1.29 is 24.1 Å². The molecule has 0 radical (unpaired) electrons. The zero-order valence-corrected chi connectivity index (χ0v) is 20.5. The van der Waals surface area contributed by atoms with E-state index in [4.69, 9.17) is 9.47 Å². The fourth-order valence-electron chi connectivity index (χ4n) is 3.28. The zero-order chi connectivity index (χ0) is 24.4. The molecule has 0 bridgehead atoms. The van der Waals surface area contributed by atoms with Gasteiger partial charge in [0, 0.05) is 16.5 Å². The molecular formula is C23H15IN2O7S. The summed E-state index contributed by atoms with van der Waals surface area (Å²) in [4.78, 5) is 35.2. The van der Waals surface area contributed by atoms with Gasteiger partial charge in [-0.15, -0.1) is 0 Å². The Labute approximate surface area is 211 Å². The number of allylic oxidation sites excluding steroid dienone is 1. The summed E-state index contributed by atoms with van der Waals surface area (Å²) < 4.78 is 12.1. The molecule has 0 spiro atoms. The van der Waals surface area contributed by atoms with Gasteiger partial charge in [0.2, 0.25) is 11.5 Å². The maximum absolute atomic E-state index is 12.7. The molecule has 1 aliphatic rings. The standard InChI is InChI=1S/C23H15IN2O7S/c1-2-32-19-10-13(11-21-22(27)15-5-3-4-6-20(15)34-21)9-16(24)23(19)33-18-8-7-14(25(28)29)12-17(18)26(30)31/h3-12H,2H2,1H3/b21-11-. The van der Waals surface area contributed by atoms with Crippen LogP contribution in [-0.4, -0.2) is 22.2 Å². The lowest BCUT2D eigenvalue weighted by Crippen LogP contribution is -2.01. The van der Waals surface area contributed by atoms with E-state index in [2.05, 4.69) is 0 Å². The van der Waals surface area contributed by atoms with E-state index in [0.717, 1.165) is 17.0 Å². The molecule has 0 aliphatic carbocycles. The lowest BCUT2D eigenvalue weighted by atomic mass is 10.1. The smallest absolute Gasteiger partial charge is 0.318 e. The second-order valence-corrected chi connectivity index (χ2v) is 9.21. The van der Waals surface area contributed by atoms with Crippen molar-refractivity contribution in [1.82, 2.24) is 0 Å². The number of nitrogens with zero attached hydrogens (tertiary/aromatic N) is 2. The molecule has 0 fully saturated rings. The highest BCUT2D eigenvalue weighted by atomic mass is 127. The van der Waals surface area contributed by atoms with Crippen LogP contribution < -0.4 is 9.47 Å². The van der Waals surface area contributed by atoms with Gasteiger partial charge in [0.05, 0.1) is 31.0 Å². The van der Waals surface area contributed by atoms with Crippen LogP contribution in [0.25, 0.3) is 6.08 Å². The molecule has 1 heterocycles. The number of benzene rings is 3. The third-order valence-corrected chi connectivity index (χ3v) is 6.67. The van der Waals surface area contributed by atoms with Crippen molar-refractivity contribution in [2.24, 2.45) is 0 Å². The number of nitro benzene ring substituents is 2. The molecule has 3 aromatic rings. The van der Waals surface area contributed by atoms with Crippen LogP contribution in [0.5, 0.6) is 17.2 Å². The Morgan fingerprint density at radius 3 is 2.47 bits per heavy atom. The highest BCUT2D eigenvalue weighted by Gasteiger charge is 2.26. The monoisotopic (exact) mass is 590 g/mol. The van der Waals surface area contributed by atoms with Gasteiger partial charge in [-0.2, -0.15) is 0 Å². The first-order chi connectivity index (χ1) is 16.3. The van der Waals surface area contributed by atoms with Gasteiger partial charge in [-0.05, 0) is 71.5 Å². The predicted octanol–water partition coefficient (Wildman–Crippen LogP) is 6.63. The molecule has 0 saturated heterocycles. The number of ketones is 1. The van der Waals surface area contributed by atoms with E-state index in [-0.39, 0.29) is 17.3 Å². The Hall–Kier alpha value is -3.45. The fourth-order valence-corrected chi connectivity index (χ4v) is 5.07. The van der Waals surface area contributed by atoms with E-state index >= 15 is 0 Å². The molecule has 0 atom stereocenters. The summed E-state index contributed by atoms with van der Waals surface area (Å²) in [6, 6.07) is 14.0. The van der Waals surface area contributed by atoms with Crippen LogP contribution >= 0.6 is 34.4 Å². The number of fused-ring (bicyclic) bond motifs is 1. The second kappa shape index (κ2) is 9.81. The number of ether oxygens (including phenoxy) is 2. The van der Waals surface area contributed by atoms with Crippen molar-refractivity contribution in [3.05, 3.63) is 94.4 Å². The first kappa shape index (κ1) is 23.7. The highest BCUT2D eigenvalue weighted by molar-refractivity contribution is 14.1. The average molecular weight is 590 g/mol. The maximum atomic E-state index is 12.7. The number of halogens is 1. The van der Waals surface area contributed by atoms with Gasteiger partial charge in [0.1, 0.15) is 0 Å². The Bertz CT molecular complexity index is 1370. The number of non-ortho nitro benzene ring substituents is 1. The molecule has 9 nitrogen and oxygen atoms in total. The van der Waals surface area contributed by atoms with Crippen LogP contribution in [0.1, 0.15) is 22.8 Å². The molecule has 0 amide bonds. The van der Waals surface area contributed by atoms with E-state index in [1.807, 2.05) is 40.8 Å². The Kier molecular flexibility index (Phi) is 6.84. The minimum absolute atomic E-state index is 0.0598. The normalized spacial score (nSPS) is 13.6. The topological polar surface area (TPSA) is 122 Å². The van der Waals surface area contributed by atoms with Gasteiger partial charge < -0.3 is 9.47 Å². The molecule has 0 aromatic heterocycles. The van der Waals surface area contributed by atoms with Crippen molar-refractivity contribution in [1.29, 1.82) is 0 Å².